The molecule has 0 aromatic heterocycles. The standard InChI is InChI=1S/C24H21ClN2O8S/c1-3-33-18-10-13(9-17(25)20(18)35-12-19(28)34-4-2)8-16-21(29)26-24(36)27(22(16)30)15-7-5-6-14(11-15)23(31)32/h5-11H,3-4,12H2,1-2H3,(H,31,32)(H,26,29,36). The number of halogens is 1. The van der Waals surface area contributed by atoms with Gasteiger partial charge in [-0.3, -0.25) is 19.8 Å². The molecule has 0 bridgehead atoms. The lowest BCUT2D eigenvalue weighted by molar-refractivity contribution is -0.145. The van der Waals surface area contributed by atoms with Crippen molar-refractivity contribution in [3.8, 4) is 11.5 Å². The van der Waals surface area contributed by atoms with E-state index in [1.165, 1.54) is 42.5 Å². The highest BCUT2D eigenvalue weighted by atomic mass is 35.5. The quantitative estimate of drug-likeness (QED) is 0.216. The van der Waals surface area contributed by atoms with Crippen LogP contribution in [0.15, 0.2) is 42.0 Å². The normalized spacial score (nSPS) is 14.5. The fourth-order valence-electron chi connectivity index (χ4n) is 3.24. The fourth-order valence-corrected chi connectivity index (χ4v) is 3.80. The lowest BCUT2D eigenvalue weighted by Gasteiger charge is -2.29. The van der Waals surface area contributed by atoms with Gasteiger partial charge in [0, 0.05) is 0 Å². The highest BCUT2D eigenvalue weighted by Gasteiger charge is 2.35. The van der Waals surface area contributed by atoms with Crippen LogP contribution in [0.4, 0.5) is 5.69 Å². The zero-order chi connectivity index (χ0) is 26.4. The van der Waals surface area contributed by atoms with Gasteiger partial charge in [-0.2, -0.15) is 0 Å². The Bertz CT molecular complexity index is 1280. The van der Waals surface area contributed by atoms with Crippen molar-refractivity contribution in [2.45, 2.75) is 13.8 Å². The average Bonchev–Trinajstić information content (AvgIpc) is 2.81. The van der Waals surface area contributed by atoms with E-state index in [2.05, 4.69) is 5.32 Å². The minimum Gasteiger partial charge on any atom is -0.490 e. The summed E-state index contributed by atoms with van der Waals surface area (Å²) in [7, 11) is 0. The van der Waals surface area contributed by atoms with Gasteiger partial charge in [-0.05, 0) is 68.0 Å². The predicted molar refractivity (Wildman–Crippen MR) is 134 cm³/mol. The summed E-state index contributed by atoms with van der Waals surface area (Å²) < 4.78 is 15.9. The van der Waals surface area contributed by atoms with Crippen molar-refractivity contribution in [3.05, 3.63) is 58.1 Å². The van der Waals surface area contributed by atoms with E-state index in [0.29, 0.717) is 5.56 Å². The third kappa shape index (κ3) is 5.99. The smallest absolute Gasteiger partial charge is 0.344 e. The van der Waals surface area contributed by atoms with Crippen molar-refractivity contribution in [1.29, 1.82) is 0 Å². The van der Waals surface area contributed by atoms with Crippen LogP contribution in [-0.2, 0) is 19.1 Å². The molecule has 1 fully saturated rings. The summed E-state index contributed by atoms with van der Waals surface area (Å²) in [4.78, 5) is 49.9. The van der Waals surface area contributed by atoms with Gasteiger partial charge in [0.15, 0.2) is 23.2 Å². The van der Waals surface area contributed by atoms with Crippen LogP contribution in [0, 0.1) is 0 Å². The van der Waals surface area contributed by atoms with Crippen molar-refractivity contribution >= 4 is 64.4 Å². The zero-order valence-corrected chi connectivity index (χ0v) is 20.8. The number of esters is 1. The predicted octanol–water partition coefficient (Wildman–Crippen LogP) is 3.21. The van der Waals surface area contributed by atoms with Crippen LogP contribution in [-0.4, -0.2) is 53.8 Å². The third-order valence-electron chi connectivity index (χ3n) is 4.74. The second-order valence-electron chi connectivity index (χ2n) is 7.17. The molecule has 0 radical (unpaired) electrons. The first kappa shape index (κ1) is 26.6. The van der Waals surface area contributed by atoms with Crippen LogP contribution >= 0.6 is 23.8 Å². The number of carbonyl (C=O) groups excluding carboxylic acids is 3. The number of benzene rings is 2. The van der Waals surface area contributed by atoms with Crippen LogP contribution in [0.2, 0.25) is 5.02 Å². The van der Waals surface area contributed by atoms with Gasteiger partial charge >= 0.3 is 11.9 Å². The van der Waals surface area contributed by atoms with Crippen LogP contribution < -0.4 is 19.7 Å². The molecule has 2 aromatic carbocycles. The molecule has 1 aliphatic rings. The summed E-state index contributed by atoms with van der Waals surface area (Å²) in [5.41, 5.74) is 0.171. The Morgan fingerprint density at radius 3 is 2.56 bits per heavy atom. The molecule has 0 saturated carbocycles. The number of thiocarbonyl (C=S) groups is 1. The number of hydrogen-bond donors (Lipinski definition) is 2. The molecule has 2 amide bonds. The molecular formula is C24H21ClN2O8S. The Hall–Kier alpha value is -3.96. The van der Waals surface area contributed by atoms with Gasteiger partial charge in [0.25, 0.3) is 11.8 Å². The van der Waals surface area contributed by atoms with Gasteiger partial charge in [-0.25, -0.2) is 9.59 Å². The molecule has 2 N–H and O–H groups in total. The highest BCUT2D eigenvalue weighted by molar-refractivity contribution is 7.80. The number of nitrogens with zero attached hydrogens (tertiary/aromatic N) is 1. The summed E-state index contributed by atoms with van der Waals surface area (Å²) in [5.74, 6) is -2.99. The van der Waals surface area contributed by atoms with Crippen LogP contribution in [0.5, 0.6) is 11.5 Å². The third-order valence-corrected chi connectivity index (χ3v) is 5.30. The fraction of sp³-hybridized carbons (Fsp3) is 0.208. The van der Waals surface area contributed by atoms with E-state index < -0.39 is 30.4 Å². The molecule has 3 rings (SSSR count). The van der Waals surface area contributed by atoms with Gasteiger partial charge in [-0.15, -0.1) is 0 Å². The van der Waals surface area contributed by atoms with Gasteiger partial charge in [-0.1, -0.05) is 17.7 Å². The number of hydrogen-bond acceptors (Lipinski definition) is 8. The van der Waals surface area contributed by atoms with Crippen LogP contribution in [0.1, 0.15) is 29.8 Å². The van der Waals surface area contributed by atoms with Crippen molar-refractivity contribution in [2.75, 3.05) is 24.7 Å². The van der Waals surface area contributed by atoms with Crippen molar-refractivity contribution in [3.63, 3.8) is 0 Å². The van der Waals surface area contributed by atoms with E-state index in [1.807, 2.05) is 0 Å². The molecule has 2 aromatic rings. The maximum absolute atomic E-state index is 13.3. The van der Waals surface area contributed by atoms with Crippen molar-refractivity contribution < 1.29 is 38.5 Å². The first-order valence-corrected chi connectivity index (χ1v) is 11.4. The minimum atomic E-state index is -1.18. The van der Waals surface area contributed by atoms with Crippen LogP contribution in [0.3, 0.4) is 0 Å². The van der Waals surface area contributed by atoms with Gasteiger partial charge in [0.1, 0.15) is 5.57 Å². The molecule has 0 spiro atoms. The van der Waals surface area contributed by atoms with Crippen molar-refractivity contribution in [1.82, 2.24) is 5.32 Å². The van der Waals surface area contributed by atoms with E-state index in [1.54, 1.807) is 13.8 Å². The molecular weight excluding hydrogens is 512 g/mol. The van der Waals surface area contributed by atoms with Gasteiger partial charge in [0.2, 0.25) is 0 Å². The average molecular weight is 533 g/mol. The lowest BCUT2D eigenvalue weighted by atomic mass is 10.1. The Morgan fingerprint density at radius 1 is 1.14 bits per heavy atom. The first-order chi connectivity index (χ1) is 17.2. The monoisotopic (exact) mass is 532 g/mol. The molecule has 0 atom stereocenters. The maximum atomic E-state index is 13.3. The number of aromatic carboxylic acids is 1. The Balaban J connectivity index is 1.98. The Morgan fingerprint density at radius 2 is 1.89 bits per heavy atom. The number of carbonyl (C=O) groups is 4. The Kier molecular flexibility index (Phi) is 8.62. The molecule has 1 aliphatic heterocycles. The van der Waals surface area contributed by atoms with E-state index in [9.17, 15) is 24.3 Å². The molecule has 0 aliphatic carbocycles. The molecule has 12 heteroatoms. The number of carboxylic acids is 1. The van der Waals surface area contributed by atoms with Crippen LogP contribution in [0.25, 0.3) is 6.08 Å². The molecule has 188 valence electrons. The zero-order valence-electron chi connectivity index (χ0n) is 19.2. The summed E-state index contributed by atoms with van der Waals surface area (Å²) in [6.45, 7) is 3.44. The summed E-state index contributed by atoms with van der Waals surface area (Å²) >= 11 is 11.5. The van der Waals surface area contributed by atoms with Gasteiger partial charge < -0.3 is 19.3 Å². The topological polar surface area (TPSA) is 131 Å². The van der Waals surface area contributed by atoms with Gasteiger partial charge in [0.05, 0.1) is 29.5 Å². The number of carboxylic acid groups (broad SMARTS) is 1. The SMILES string of the molecule is CCOC(=O)COc1c(Cl)cc(C=C2C(=O)NC(=S)N(c3cccc(C(=O)O)c3)C2=O)cc1OCC. The molecule has 10 nitrogen and oxygen atoms in total. The molecule has 36 heavy (non-hydrogen) atoms. The van der Waals surface area contributed by atoms with E-state index in [0.717, 1.165) is 4.90 Å². The number of nitrogens with one attached hydrogen (secondary N) is 1. The minimum absolute atomic E-state index is 0.0583. The molecule has 0 unspecified atom stereocenters. The first-order valence-electron chi connectivity index (χ1n) is 10.7. The summed E-state index contributed by atoms with van der Waals surface area (Å²) in [6, 6.07) is 8.50. The second kappa shape index (κ2) is 11.6. The number of ether oxygens (including phenoxy) is 3. The van der Waals surface area contributed by atoms with E-state index in [-0.39, 0.29) is 51.7 Å². The Labute approximate surface area is 216 Å². The number of anilines is 1. The largest absolute Gasteiger partial charge is 0.490 e. The lowest BCUT2D eigenvalue weighted by Crippen LogP contribution is -2.54. The highest BCUT2D eigenvalue weighted by Crippen LogP contribution is 2.37. The maximum Gasteiger partial charge on any atom is 0.344 e. The van der Waals surface area contributed by atoms with E-state index >= 15 is 0 Å². The summed E-state index contributed by atoms with van der Waals surface area (Å²) in [6.07, 6.45) is 1.29. The number of amides is 2. The van der Waals surface area contributed by atoms with Crippen molar-refractivity contribution in [2.24, 2.45) is 0 Å². The van der Waals surface area contributed by atoms with E-state index in [4.69, 9.17) is 38.0 Å². The molecule has 1 saturated heterocycles. The summed E-state index contributed by atoms with van der Waals surface area (Å²) in [5, 5.41) is 11.6. The second-order valence-corrected chi connectivity index (χ2v) is 7.96. The number of rotatable bonds is 9. The molecule has 1 heterocycles.